The van der Waals surface area contributed by atoms with E-state index in [1.807, 2.05) is 0 Å². The molecule has 0 aromatic heterocycles. The molecule has 2 unspecified atom stereocenters. The summed E-state index contributed by atoms with van der Waals surface area (Å²) in [5.41, 5.74) is 4.23. The van der Waals surface area contributed by atoms with Gasteiger partial charge in [-0.05, 0) is 62.3 Å². The van der Waals surface area contributed by atoms with Crippen LogP contribution in [-0.4, -0.2) is 11.9 Å². The van der Waals surface area contributed by atoms with Crippen molar-refractivity contribution in [1.82, 2.24) is 5.32 Å². The minimum atomic E-state index is 0.419. The highest BCUT2D eigenvalue weighted by atomic mass is 35.5. The predicted octanol–water partition coefficient (Wildman–Crippen LogP) is 3.80. The van der Waals surface area contributed by atoms with E-state index < -0.39 is 0 Å². The smallest absolute Gasteiger partial charge is 0.0339 e. The number of rotatable bonds is 4. The van der Waals surface area contributed by atoms with Crippen molar-refractivity contribution in [2.45, 2.75) is 45.0 Å². The molecule has 0 spiro atoms. The molecule has 0 bridgehead atoms. The van der Waals surface area contributed by atoms with Crippen LogP contribution in [0.1, 0.15) is 36.0 Å². The SMILES string of the molecule is Cc1cccc(C)c1CNCC1CCC(Cl)C1. The fourth-order valence-electron chi connectivity index (χ4n) is 2.73. The van der Waals surface area contributed by atoms with Crippen LogP contribution in [0.15, 0.2) is 18.2 Å². The fraction of sp³-hybridized carbons (Fsp3) is 0.600. The summed E-state index contributed by atoms with van der Waals surface area (Å²) in [6.07, 6.45) is 3.66. The van der Waals surface area contributed by atoms with Gasteiger partial charge < -0.3 is 5.32 Å². The third-order valence-electron chi connectivity index (χ3n) is 3.86. The van der Waals surface area contributed by atoms with Crippen molar-refractivity contribution < 1.29 is 0 Å². The maximum atomic E-state index is 6.13. The van der Waals surface area contributed by atoms with Crippen molar-refractivity contribution in [2.75, 3.05) is 6.54 Å². The van der Waals surface area contributed by atoms with Gasteiger partial charge in [0.05, 0.1) is 0 Å². The highest BCUT2D eigenvalue weighted by Crippen LogP contribution is 2.28. The Labute approximate surface area is 110 Å². The number of hydrogen-bond donors (Lipinski definition) is 1. The van der Waals surface area contributed by atoms with Crippen molar-refractivity contribution in [3.05, 3.63) is 34.9 Å². The minimum absolute atomic E-state index is 0.419. The third kappa shape index (κ3) is 3.46. The monoisotopic (exact) mass is 251 g/mol. The summed E-state index contributed by atoms with van der Waals surface area (Å²) in [5.74, 6) is 0.779. The Morgan fingerprint density at radius 3 is 2.53 bits per heavy atom. The van der Waals surface area contributed by atoms with E-state index in [2.05, 4.69) is 37.4 Å². The predicted molar refractivity (Wildman–Crippen MR) is 74.6 cm³/mol. The normalized spacial score (nSPS) is 24.2. The van der Waals surface area contributed by atoms with Gasteiger partial charge in [0.15, 0.2) is 0 Å². The van der Waals surface area contributed by atoms with E-state index >= 15 is 0 Å². The lowest BCUT2D eigenvalue weighted by Crippen LogP contribution is -2.22. The van der Waals surface area contributed by atoms with Gasteiger partial charge >= 0.3 is 0 Å². The number of hydrogen-bond acceptors (Lipinski definition) is 1. The van der Waals surface area contributed by atoms with Gasteiger partial charge in [0.1, 0.15) is 0 Å². The highest BCUT2D eigenvalue weighted by molar-refractivity contribution is 6.20. The van der Waals surface area contributed by atoms with Crippen LogP contribution in [0.2, 0.25) is 0 Å². The zero-order valence-electron chi connectivity index (χ0n) is 10.8. The molecule has 1 N–H and O–H groups in total. The molecule has 1 saturated carbocycles. The third-order valence-corrected chi connectivity index (χ3v) is 4.25. The van der Waals surface area contributed by atoms with Gasteiger partial charge in [0.25, 0.3) is 0 Å². The summed E-state index contributed by atoms with van der Waals surface area (Å²) in [7, 11) is 0. The van der Waals surface area contributed by atoms with Crippen LogP contribution in [0.4, 0.5) is 0 Å². The van der Waals surface area contributed by atoms with E-state index in [4.69, 9.17) is 11.6 Å². The molecule has 0 radical (unpaired) electrons. The molecule has 2 rings (SSSR count). The van der Waals surface area contributed by atoms with Crippen molar-refractivity contribution in [3.63, 3.8) is 0 Å². The number of alkyl halides is 1. The molecule has 1 aliphatic rings. The largest absolute Gasteiger partial charge is 0.312 e. The van der Waals surface area contributed by atoms with Gasteiger partial charge in [-0.3, -0.25) is 0 Å². The van der Waals surface area contributed by atoms with E-state index in [0.29, 0.717) is 5.38 Å². The number of nitrogens with one attached hydrogen (secondary N) is 1. The van der Waals surface area contributed by atoms with E-state index in [-0.39, 0.29) is 0 Å². The Hall–Kier alpha value is -0.530. The number of halogens is 1. The van der Waals surface area contributed by atoms with E-state index in [0.717, 1.165) is 19.0 Å². The van der Waals surface area contributed by atoms with Gasteiger partial charge in [0.2, 0.25) is 0 Å². The average molecular weight is 252 g/mol. The van der Waals surface area contributed by atoms with Crippen LogP contribution in [-0.2, 0) is 6.54 Å². The highest BCUT2D eigenvalue weighted by Gasteiger charge is 2.22. The van der Waals surface area contributed by atoms with Crippen LogP contribution in [0.3, 0.4) is 0 Å². The molecule has 17 heavy (non-hydrogen) atoms. The first-order chi connectivity index (χ1) is 8.16. The van der Waals surface area contributed by atoms with Gasteiger partial charge in [-0.15, -0.1) is 11.6 Å². The molecule has 2 atom stereocenters. The second kappa shape index (κ2) is 5.88. The molecule has 1 aromatic carbocycles. The second-order valence-corrected chi connectivity index (χ2v) is 5.89. The molecule has 0 heterocycles. The Bertz CT molecular complexity index is 355. The van der Waals surface area contributed by atoms with Crippen LogP contribution in [0.25, 0.3) is 0 Å². The van der Waals surface area contributed by atoms with Crippen molar-refractivity contribution in [3.8, 4) is 0 Å². The maximum absolute atomic E-state index is 6.13. The lowest BCUT2D eigenvalue weighted by molar-refractivity contribution is 0.489. The maximum Gasteiger partial charge on any atom is 0.0339 e. The fourth-order valence-corrected chi connectivity index (χ4v) is 3.11. The first kappa shape index (κ1) is 12.9. The molecule has 0 amide bonds. The quantitative estimate of drug-likeness (QED) is 0.803. The molecular weight excluding hydrogens is 230 g/mol. The molecule has 1 aromatic rings. The Balaban J connectivity index is 1.82. The van der Waals surface area contributed by atoms with Crippen LogP contribution >= 0.6 is 11.6 Å². The van der Waals surface area contributed by atoms with Crippen LogP contribution in [0.5, 0.6) is 0 Å². The summed E-state index contributed by atoms with van der Waals surface area (Å²) in [4.78, 5) is 0. The summed E-state index contributed by atoms with van der Waals surface area (Å²) < 4.78 is 0. The Morgan fingerprint density at radius 2 is 1.94 bits per heavy atom. The summed E-state index contributed by atoms with van der Waals surface area (Å²) in [6.45, 7) is 6.47. The Morgan fingerprint density at radius 1 is 1.24 bits per heavy atom. The number of benzene rings is 1. The summed E-state index contributed by atoms with van der Waals surface area (Å²) >= 11 is 6.13. The van der Waals surface area contributed by atoms with Gasteiger partial charge in [-0.2, -0.15) is 0 Å². The standard InChI is InChI=1S/C15H22ClN/c1-11-4-3-5-12(2)15(11)10-17-9-13-6-7-14(16)8-13/h3-5,13-14,17H,6-10H2,1-2H3. The van der Waals surface area contributed by atoms with E-state index in [9.17, 15) is 0 Å². The van der Waals surface area contributed by atoms with E-state index in [1.54, 1.807) is 0 Å². The Kier molecular flexibility index (Phi) is 4.47. The molecule has 1 aliphatic carbocycles. The van der Waals surface area contributed by atoms with Crippen LogP contribution < -0.4 is 5.32 Å². The number of aryl methyl sites for hydroxylation is 2. The van der Waals surface area contributed by atoms with Crippen LogP contribution in [0, 0.1) is 19.8 Å². The van der Waals surface area contributed by atoms with Crippen molar-refractivity contribution in [1.29, 1.82) is 0 Å². The molecular formula is C15H22ClN. The molecule has 2 heteroatoms. The van der Waals surface area contributed by atoms with Gasteiger partial charge in [-0.1, -0.05) is 18.2 Å². The summed E-state index contributed by atoms with van der Waals surface area (Å²) in [5, 5.41) is 4.01. The average Bonchev–Trinajstić information content (AvgIpc) is 2.69. The molecule has 1 fully saturated rings. The van der Waals surface area contributed by atoms with Crippen molar-refractivity contribution in [2.24, 2.45) is 5.92 Å². The first-order valence-electron chi connectivity index (χ1n) is 6.56. The molecule has 0 aliphatic heterocycles. The molecule has 0 saturated heterocycles. The zero-order valence-corrected chi connectivity index (χ0v) is 11.6. The molecule has 1 nitrogen and oxygen atoms in total. The molecule has 94 valence electrons. The van der Waals surface area contributed by atoms with Gasteiger partial charge in [-0.25, -0.2) is 0 Å². The lowest BCUT2D eigenvalue weighted by atomic mass is 10.0. The van der Waals surface area contributed by atoms with Gasteiger partial charge in [0, 0.05) is 11.9 Å². The zero-order chi connectivity index (χ0) is 12.3. The lowest BCUT2D eigenvalue weighted by Gasteiger charge is -2.14. The second-order valence-electron chi connectivity index (χ2n) is 5.28. The minimum Gasteiger partial charge on any atom is -0.312 e. The van der Waals surface area contributed by atoms with Crippen molar-refractivity contribution >= 4 is 11.6 Å². The topological polar surface area (TPSA) is 12.0 Å². The first-order valence-corrected chi connectivity index (χ1v) is 7.00. The van der Waals surface area contributed by atoms with E-state index in [1.165, 1.54) is 36.0 Å². The summed E-state index contributed by atoms with van der Waals surface area (Å²) in [6, 6.07) is 6.51.